The maximum absolute atomic E-state index is 3.35. The van der Waals surface area contributed by atoms with E-state index in [0.717, 1.165) is 18.6 Å². The van der Waals surface area contributed by atoms with Crippen molar-refractivity contribution in [2.24, 2.45) is 0 Å². The zero-order valence-electron chi connectivity index (χ0n) is 10.9. The standard InChI is InChI=1S/C15H21NS/c1-4-6-7-8-15(16-3)13-9-11-14(12-10-13)17-5-2/h9-12,15-16H,5,7-8H2,1-3H3. The first-order chi connectivity index (χ1) is 8.31. The number of hydrogen-bond donors (Lipinski definition) is 1. The monoisotopic (exact) mass is 247 g/mol. The molecule has 92 valence electrons. The molecule has 17 heavy (non-hydrogen) atoms. The maximum atomic E-state index is 3.35. The van der Waals surface area contributed by atoms with Crippen LogP contribution in [0.5, 0.6) is 0 Å². The van der Waals surface area contributed by atoms with Crippen molar-refractivity contribution in [1.29, 1.82) is 0 Å². The van der Waals surface area contributed by atoms with E-state index in [9.17, 15) is 0 Å². The number of thioether (sulfide) groups is 1. The quantitative estimate of drug-likeness (QED) is 0.605. The lowest BCUT2D eigenvalue weighted by atomic mass is 10.0. The van der Waals surface area contributed by atoms with Gasteiger partial charge in [0.2, 0.25) is 0 Å². The highest BCUT2D eigenvalue weighted by molar-refractivity contribution is 7.99. The third-order valence-electron chi connectivity index (χ3n) is 2.68. The zero-order chi connectivity index (χ0) is 12.5. The fourth-order valence-electron chi connectivity index (χ4n) is 1.78. The van der Waals surface area contributed by atoms with Crippen molar-refractivity contribution < 1.29 is 0 Å². The average molecular weight is 247 g/mol. The van der Waals surface area contributed by atoms with Crippen LogP contribution in [0.15, 0.2) is 29.2 Å². The summed E-state index contributed by atoms with van der Waals surface area (Å²) in [5, 5.41) is 3.35. The van der Waals surface area contributed by atoms with E-state index in [4.69, 9.17) is 0 Å². The lowest BCUT2D eigenvalue weighted by Crippen LogP contribution is -2.15. The molecule has 0 fully saturated rings. The van der Waals surface area contributed by atoms with Gasteiger partial charge in [0, 0.05) is 17.4 Å². The van der Waals surface area contributed by atoms with Gasteiger partial charge in [-0.05, 0) is 43.8 Å². The van der Waals surface area contributed by atoms with E-state index in [-0.39, 0.29) is 0 Å². The second-order valence-corrected chi connectivity index (χ2v) is 5.15. The molecule has 0 heterocycles. The highest BCUT2D eigenvalue weighted by Crippen LogP contribution is 2.22. The molecule has 0 aliphatic carbocycles. The Hall–Kier alpha value is -0.910. The van der Waals surface area contributed by atoms with Crippen LogP contribution in [0.25, 0.3) is 0 Å². The van der Waals surface area contributed by atoms with Gasteiger partial charge in [0.1, 0.15) is 0 Å². The van der Waals surface area contributed by atoms with Crippen LogP contribution in [0.3, 0.4) is 0 Å². The third kappa shape index (κ3) is 4.85. The highest BCUT2D eigenvalue weighted by Gasteiger charge is 2.07. The molecule has 2 heteroatoms. The smallest absolute Gasteiger partial charge is 0.0326 e. The summed E-state index contributed by atoms with van der Waals surface area (Å²) in [6, 6.07) is 9.27. The molecule has 0 bridgehead atoms. The van der Waals surface area contributed by atoms with Crippen molar-refractivity contribution in [2.45, 2.75) is 37.6 Å². The number of benzene rings is 1. The predicted octanol–water partition coefficient (Wildman–Crippen LogP) is 3.86. The van der Waals surface area contributed by atoms with Gasteiger partial charge in [0.05, 0.1) is 0 Å². The van der Waals surface area contributed by atoms with E-state index in [2.05, 4.69) is 48.3 Å². The molecule has 0 saturated heterocycles. The van der Waals surface area contributed by atoms with E-state index < -0.39 is 0 Å². The van der Waals surface area contributed by atoms with Crippen molar-refractivity contribution >= 4 is 11.8 Å². The van der Waals surface area contributed by atoms with E-state index in [0.29, 0.717) is 6.04 Å². The highest BCUT2D eigenvalue weighted by atomic mass is 32.2. The Morgan fingerprint density at radius 2 is 2.00 bits per heavy atom. The van der Waals surface area contributed by atoms with Gasteiger partial charge < -0.3 is 5.32 Å². The SMILES string of the molecule is CC#CCCC(NC)c1ccc(SCC)cc1. The first-order valence-corrected chi connectivity index (χ1v) is 7.10. The molecule has 1 unspecified atom stereocenters. The topological polar surface area (TPSA) is 12.0 Å². The van der Waals surface area contributed by atoms with Gasteiger partial charge >= 0.3 is 0 Å². The number of hydrogen-bond acceptors (Lipinski definition) is 2. The molecule has 0 spiro atoms. The zero-order valence-corrected chi connectivity index (χ0v) is 11.7. The molecular formula is C15H21NS. The molecule has 0 aromatic heterocycles. The summed E-state index contributed by atoms with van der Waals surface area (Å²) in [6.45, 7) is 4.07. The summed E-state index contributed by atoms with van der Waals surface area (Å²) < 4.78 is 0. The van der Waals surface area contributed by atoms with Crippen LogP contribution >= 0.6 is 11.8 Å². The Balaban J connectivity index is 2.63. The first kappa shape index (κ1) is 14.2. The second kappa shape index (κ2) is 8.22. The summed E-state index contributed by atoms with van der Waals surface area (Å²) in [5.41, 5.74) is 1.35. The number of rotatable bonds is 6. The van der Waals surface area contributed by atoms with Crippen LogP contribution in [0.2, 0.25) is 0 Å². The molecule has 1 N–H and O–H groups in total. The van der Waals surface area contributed by atoms with Crippen molar-refractivity contribution in [3.8, 4) is 11.8 Å². The molecule has 0 amide bonds. The summed E-state index contributed by atoms with van der Waals surface area (Å²) >= 11 is 1.88. The van der Waals surface area contributed by atoms with Crippen LogP contribution in [0.4, 0.5) is 0 Å². The first-order valence-electron chi connectivity index (χ1n) is 6.11. The number of nitrogens with one attached hydrogen (secondary N) is 1. The summed E-state index contributed by atoms with van der Waals surface area (Å²) in [7, 11) is 2.01. The molecule has 0 aliphatic heterocycles. The molecule has 1 aromatic carbocycles. The van der Waals surface area contributed by atoms with E-state index >= 15 is 0 Å². The van der Waals surface area contributed by atoms with E-state index in [1.54, 1.807) is 0 Å². The predicted molar refractivity (Wildman–Crippen MR) is 77.3 cm³/mol. The van der Waals surface area contributed by atoms with E-state index in [1.807, 2.05) is 25.7 Å². The Bertz CT molecular complexity index is 372. The molecule has 0 radical (unpaired) electrons. The summed E-state index contributed by atoms with van der Waals surface area (Å²) in [5.74, 6) is 7.19. The van der Waals surface area contributed by atoms with Gasteiger partial charge in [0.15, 0.2) is 0 Å². The lowest BCUT2D eigenvalue weighted by molar-refractivity contribution is 0.558. The van der Waals surface area contributed by atoms with Crippen LogP contribution in [0, 0.1) is 11.8 Å². The van der Waals surface area contributed by atoms with Crippen molar-refractivity contribution in [1.82, 2.24) is 5.32 Å². The van der Waals surface area contributed by atoms with Gasteiger partial charge in [0.25, 0.3) is 0 Å². The van der Waals surface area contributed by atoms with Crippen molar-refractivity contribution in [2.75, 3.05) is 12.8 Å². The Kier molecular flexibility index (Phi) is 6.84. The minimum atomic E-state index is 0.413. The van der Waals surface area contributed by atoms with Gasteiger partial charge in [-0.2, -0.15) is 0 Å². The molecule has 1 rings (SSSR count). The van der Waals surface area contributed by atoms with Gasteiger partial charge in [-0.15, -0.1) is 23.6 Å². The summed E-state index contributed by atoms with van der Waals surface area (Å²) in [4.78, 5) is 1.35. The molecule has 1 atom stereocenters. The van der Waals surface area contributed by atoms with Gasteiger partial charge in [-0.3, -0.25) is 0 Å². The molecule has 0 saturated carbocycles. The van der Waals surface area contributed by atoms with Crippen LogP contribution in [-0.2, 0) is 0 Å². The minimum absolute atomic E-state index is 0.413. The van der Waals surface area contributed by atoms with Crippen molar-refractivity contribution in [3.05, 3.63) is 29.8 Å². The molecular weight excluding hydrogens is 226 g/mol. The normalized spacial score (nSPS) is 11.7. The fraction of sp³-hybridized carbons (Fsp3) is 0.467. The van der Waals surface area contributed by atoms with Crippen LogP contribution in [0.1, 0.15) is 38.3 Å². The molecule has 1 aromatic rings. The van der Waals surface area contributed by atoms with Crippen LogP contribution < -0.4 is 5.32 Å². The lowest BCUT2D eigenvalue weighted by Gasteiger charge is -2.15. The third-order valence-corrected chi connectivity index (χ3v) is 3.57. The second-order valence-electron chi connectivity index (χ2n) is 3.81. The van der Waals surface area contributed by atoms with E-state index in [1.165, 1.54) is 10.5 Å². The fourth-order valence-corrected chi connectivity index (χ4v) is 2.44. The molecule has 1 nitrogen and oxygen atoms in total. The Morgan fingerprint density at radius 3 is 2.53 bits per heavy atom. The molecule has 0 aliphatic rings. The van der Waals surface area contributed by atoms with Crippen LogP contribution in [-0.4, -0.2) is 12.8 Å². The Morgan fingerprint density at radius 1 is 1.29 bits per heavy atom. The van der Waals surface area contributed by atoms with Crippen molar-refractivity contribution in [3.63, 3.8) is 0 Å². The minimum Gasteiger partial charge on any atom is -0.313 e. The Labute approximate surface area is 109 Å². The van der Waals surface area contributed by atoms with Gasteiger partial charge in [-0.1, -0.05) is 19.1 Å². The largest absolute Gasteiger partial charge is 0.313 e. The summed E-state index contributed by atoms with van der Waals surface area (Å²) in [6.07, 6.45) is 2.02. The van der Waals surface area contributed by atoms with Gasteiger partial charge in [-0.25, -0.2) is 0 Å². The average Bonchev–Trinajstić information content (AvgIpc) is 2.36. The maximum Gasteiger partial charge on any atom is 0.0326 e.